The standard InChI is InChI=1S/C26H33N5O/c1-19(2)32-24-11-7-6-10-23(24)30-16-14-29(15-17-30)18-22-25(20-12-13-20)28-31(26(22)27)21-8-4-3-5-9-21/h3-11,19-20H,12-18,27H2,1-2H3. The molecule has 0 amide bonds. The number of rotatable bonds is 7. The van der Waals surface area contributed by atoms with Gasteiger partial charge in [-0.1, -0.05) is 30.3 Å². The van der Waals surface area contributed by atoms with E-state index in [-0.39, 0.29) is 6.10 Å². The zero-order valence-electron chi connectivity index (χ0n) is 19.1. The van der Waals surface area contributed by atoms with E-state index < -0.39 is 0 Å². The van der Waals surface area contributed by atoms with E-state index in [0.717, 1.165) is 50.0 Å². The summed E-state index contributed by atoms with van der Waals surface area (Å²) in [6.07, 6.45) is 2.61. The Bertz CT molecular complexity index is 1050. The lowest BCUT2D eigenvalue weighted by Crippen LogP contribution is -2.46. The van der Waals surface area contributed by atoms with Gasteiger partial charge in [-0.2, -0.15) is 5.10 Å². The Morgan fingerprint density at radius 1 is 0.969 bits per heavy atom. The average molecular weight is 432 g/mol. The minimum Gasteiger partial charge on any atom is -0.489 e. The molecule has 1 aromatic heterocycles. The summed E-state index contributed by atoms with van der Waals surface area (Å²) in [6, 6.07) is 18.6. The van der Waals surface area contributed by atoms with Gasteiger partial charge in [-0.05, 0) is 51.0 Å². The SMILES string of the molecule is CC(C)Oc1ccccc1N1CCN(Cc2c(C3CC3)nn(-c3ccccc3)c2N)CC1. The van der Waals surface area contributed by atoms with Crippen LogP contribution in [0.2, 0.25) is 0 Å². The van der Waals surface area contributed by atoms with Crippen molar-refractivity contribution in [3.63, 3.8) is 0 Å². The van der Waals surface area contributed by atoms with Crippen LogP contribution in [0.5, 0.6) is 5.75 Å². The van der Waals surface area contributed by atoms with Crippen LogP contribution in [0.4, 0.5) is 11.5 Å². The number of benzene rings is 2. The summed E-state index contributed by atoms with van der Waals surface area (Å²) in [5.41, 5.74) is 11.3. The molecule has 6 heteroatoms. The summed E-state index contributed by atoms with van der Waals surface area (Å²) in [7, 11) is 0. The van der Waals surface area contributed by atoms with Crippen molar-refractivity contribution in [2.75, 3.05) is 36.8 Å². The number of nitrogens with two attached hydrogens (primary N) is 1. The van der Waals surface area contributed by atoms with Crippen molar-refractivity contribution in [3.05, 3.63) is 65.9 Å². The molecule has 0 bridgehead atoms. The van der Waals surface area contributed by atoms with Crippen LogP contribution in [0, 0.1) is 0 Å². The van der Waals surface area contributed by atoms with E-state index >= 15 is 0 Å². The van der Waals surface area contributed by atoms with Gasteiger partial charge < -0.3 is 15.4 Å². The van der Waals surface area contributed by atoms with E-state index in [2.05, 4.69) is 54.0 Å². The van der Waals surface area contributed by atoms with Gasteiger partial charge in [-0.15, -0.1) is 0 Å². The van der Waals surface area contributed by atoms with Crippen molar-refractivity contribution in [1.82, 2.24) is 14.7 Å². The molecule has 5 rings (SSSR count). The number of anilines is 2. The average Bonchev–Trinajstić information content (AvgIpc) is 3.60. The third-order valence-electron chi connectivity index (χ3n) is 6.34. The van der Waals surface area contributed by atoms with Gasteiger partial charge in [0.15, 0.2) is 0 Å². The molecule has 168 valence electrons. The molecule has 2 heterocycles. The van der Waals surface area contributed by atoms with E-state index in [1.165, 1.54) is 29.8 Å². The quantitative estimate of drug-likeness (QED) is 0.599. The molecule has 0 radical (unpaired) electrons. The minimum atomic E-state index is 0.169. The molecule has 3 aromatic rings. The lowest BCUT2D eigenvalue weighted by molar-refractivity contribution is 0.235. The molecule has 2 aromatic carbocycles. The molecular formula is C26H33N5O. The van der Waals surface area contributed by atoms with Gasteiger partial charge in [0.25, 0.3) is 0 Å². The molecule has 32 heavy (non-hydrogen) atoms. The first-order chi connectivity index (χ1) is 15.6. The van der Waals surface area contributed by atoms with E-state index in [4.69, 9.17) is 15.6 Å². The third kappa shape index (κ3) is 4.32. The molecule has 2 aliphatic rings. The molecule has 6 nitrogen and oxygen atoms in total. The fourth-order valence-electron chi connectivity index (χ4n) is 4.54. The predicted octanol–water partition coefficient (Wildman–Crippen LogP) is 4.44. The van der Waals surface area contributed by atoms with Crippen LogP contribution in [-0.2, 0) is 6.54 Å². The maximum atomic E-state index is 6.65. The first-order valence-corrected chi connectivity index (χ1v) is 11.8. The highest BCUT2D eigenvalue weighted by atomic mass is 16.5. The maximum Gasteiger partial charge on any atom is 0.142 e. The largest absolute Gasteiger partial charge is 0.489 e. The van der Waals surface area contributed by atoms with Crippen molar-refractivity contribution in [2.45, 2.75) is 45.3 Å². The molecule has 2 fully saturated rings. The van der Waals surface area contributed by atoms with E-state index in [1.807, 2.05) is 28.9 Å². The highest BCUT2D eigenvalue weighted by molar-refractivity contribution is 5.59. The number of ether oxygens (including phenoxy) is 1. The van der Waals surface area contributed by atoms with Crippen LogP contribution in [0.25, 0.3) is 5.69 Å². The lowest BCUT2D eigenvalue weighted by atomic mass is 10.1. The lowest BCUT2D eigenvalue weighted by Gasteiger charge is -2.37. The number of nitrogens with zero attached hydrogens (tertiary/aromatic N) is 4. The van der Waals surface area contributed by atoms with Crippen LogP contribution in [0.1, 0.15) is 43.9 Å². The van der Waals surface area contributed by atoms with Gasteiger partial charge in [0.2, 0.25) is 0 Å². The van der Waals surface area contributed by atoms with Crippen LogP contribution >= 0.6 is 0 Å². The van der Waals surface area contributed by atoms with Gasteiger partial charge in [-0.3, -0.25) is 4.90 Å². The fourth-order valence-corrected chi connectivity index (χ4v) is 4.54. The normalized spacial score (nSPS) is 17.2. The Kier molecular flexibility index (Phi) is 5.79. The topological polar surface area (TPSA) is 59.5 Å². The van der Waals surface area contributed by atoms with Crippen molar-refractivity contribution in [1.29, 1.82) is 0 Å². The predicted molar refractivity (Wildman–Crippen MR) is 130 cm³/mol. The van der Waals surface area contributed by atoms with Gasteiger partial charge in [0.05, 0.1) is 23.2 Å². The zero-order chi connectivity index (χ0) is 22.1. The Balaban J connectivity index is 1.31. The van der Waals surface area contributed by atoms with Crippen molar-refractivity contribution >= 4 is 11.5 Å². The van der Waals surface area contributed by atoms with Crippen LogP contribution in [-0.4, -0.2) is 47.0 Å². The number of nitrogen functional groups attached to an aromatic ring is 1. The molecule has 1 aliphatic heterocycles. The van der Waals surface area contributed by atoms with E-state index in [1.54, 1.807) is 0 Å². The fraction of sp³-hybridized carbons (Fsp3) is 0.423. The maximum absolute atomic E-state index is 6.65. The molecular weight excluding hydrogens is 398 g/mol. The highest BCUT2D eigenvalue weighted by Crippen LogP contribution is 2.43. The Morgan fingerprint density at radius 2 is 1.66 bits per heavy atom. The smallest absolute Gasteiger partial charge is 0.142 e. The van der Waals surface area contributed by atoms with E-state index in [0.29, 0.717) is 5.92 Å². The third-order valence-corrected chi connectivity index (χ3v) is 6.34. The molecule has 2 N–H and O–H groups in total. The second-order valence-electron chi connectivity index (χ2n) is 9.17. The number of aromatic nitrogens is 2. The second kappa shape index (κ2) is 8.87. The van der Waals surface area contributed by atoms with Crippen LogP contribution < -0.4 is 15.4 Å². The summed E-state index contributed by atoms with van der Waals surface area (Å²) >= 11 is 0. The summed E-state index contributed by atoms with van der Waals surface area (Å²) < 4.78 is 7.98. The Hall–Kier alpha value is -2.99. The second-order valence-corrected chi connectivity index (χ2v) is 9.17. The van der Waals surface area contributed by atoms with Crippen molar-refractivity contribution in [3.8, 4) is 11.4 Å². The number of hydrogen-bond donors (Lipinski definition) is 1. The van der Waals surface area contributed by atoms with Gasteiger partial charge in [0, 0.05) is 44.2 Å². The first kappa shape index (κ1) is 20.9. The molecule has 0 spiro atoms. The number of piperazine rings is 1. The van der Waals surface area contributed by atoms with Crippen molar-refractivity contribution < 1.29 is 4.74 Å². The molecule has 1 saturated carbocycles. The Labute approximate surface area is 190 Å². The van der Waals surface area contributed by atoms with E-state index in [9.17, 15) is 0 Å². The van der Waals surface area contributed by atoms with Gasteiger partial charge in [-0.25, -0.2) is 4.68 Å². The number of hydrogen-bond acceptors (Lipinski definition) is 5. The van der Waals surface area contributed by atoms with Crippen molar-refractivity contribution in [2.24, 2.45) is 0 Å². The summed E-state index contributed by atoms with van der Waals surface area (Å²) in [4.78, 5) is 4.95. The molecule has 0 unspecified atom stereocenters. The van der Waals surface area contributed by atoms with Crippen LogP contribution in [0.15, 0.2) is 54.6 Å². The number of para-hydroxylation sites is 3. The molecule has 1 saturated heterocycles. The monoisotopic (exact) mass is 431 g/mol. The summed E-state index contributed by atoms with van der Waals surface area (Å²) in [6.45, 7) is 8.96. The first-order valence-electron chi connectivity index (χ1n) is 11.8. The molecule has 1 aliphatic carbocycles. The zero-order valence-corrected chi connectivity index (χ0v) is 19.1. The highest BCUT2D eigenvalue weighted by Gasteiger charge is 2.32. The van der Waals surface area contributed by atoms with Crippen LogP contribution in [0.3, 0.4) is 0 Å². The summed E-state index contributed by atoms with van der Waals surface area (Å²) in [5, 5.41) is 4.95. The minimum absolute atomic E-state index is 0.169. The summed E-state index contributed by atoms with van der Waals surface area (Å²) in [5.74, 6) is 2.33. The van der Waals surface area contributed by atoms with Gasteiger partial charge in [0.1, 0.15) is 11.6 Å². The Morgan fingerprint density at radius 3 is 2.34 bits per heavy atom. The van der Waals surface area contributed by atoms with Gasteiger partial charge >= 0.3 is 0 Å². The molecule has 0 atom stereocenters.